The lowest BCUT2D eigenvalue weighted by Crippen LogP contribution is -2.39. The van der Waals surface area contributed by atoms with Crippen molar-refractivity contribution in [3.05, 3.63) is 66.4 Å². The van der Waals surface area contributed by atoms with Gasteiger partial charge in [0.2, 0.25) is 5.91 Å². The molecule has 0 saturated heterocycles. The van der Waals surface area contributed by atoms with Crippen molar-refractivity contribution in [2.24, 2.45) is 5.92 Å². The second-order valence-corrected chi connectivity index (χ2v) is 6.32. The fourth-order valence-electron chi connectivity index (χ4n) is 3.20. The van der Waals surface area contributed by atoms with E-state index in [1.165, 1.54) is 0 Å². The third-order valence-corrected chi connectivity index (χ3v) is 4.54. The molecule has 1 atom stereocenters. The summed E-state index contributed by atoms with van der Waals surface area (Å²) in [6, 6.07) is 5.73. The second-order valence-electron chi connectivity index (χ2n) is 6.32. The topological polar surface area (TPSA) is 64.2 Å². The van der Waals surface area contributed by atoms with E-state index in [4.69, 9.17) is 4.42 Å². The van der Waals surface area contributed by atoms with Crippen molar-refractivity contribution in [2.75, 3.05) is 11.9 Å². The van der Waals surface area contributed by atoms with Gasteiger partial charge in [-0.25, -0.2) is 9.97 Å². The summed E-state index contributed by atoms with van der Waals surface area (Å²) in [5.74, 6) is 6.97. The molecule has 0 aliphatic carbocycles. The molecule has 6 nitrogen and oxygen atoms in total. The molecule has 0 radical (unpaired) electrons. The largest absolute Gasteiger partial charge is 0.469 e. The minimum absolute atomic E-state index is 0.0923. The van der Waals surface area contributed by atoms with Crippen molar-refractivity contribution in [1.29, 1.82) is 0 Å². The molecule has 4 heterocycles. The Labute approximate surface area is 151 Å². The summed E-state index contributed by atoms with van der Waals surface area (Å²) in [6.45, 7) is 0.568. The zero-order valence-corrected chi connectivity index (χ0v) is 14.4. The molecule has 130 valence electrons. The van der Waals surface area contributed by atoms with Crippen LogP contribution in [0.1, 0.15) is 17.0 Å². The summed E-state index contributed by atoms with van der Waals surface area (Å²) in [7, 11) is 1.79. The van der Waals surface area contributed by atoms with Gasteiger partial charge in [0.15, 0.2) is 0 Å². The molecule has 0 spiro atoms. The van der Waals surface area contributed by atoms with E-state index in [9.17, 15) is 4.79 Å². The van der Waals surface area contributed by atoms with E-state index in [0.717, 1.165) is 17.0 Å². The SMILES string of the molecule is CN1C(=O)C(Cc2ccco2)Cc2cc(C#CCn3ccnc3)ncc21. The van der Waals surface area contributed by atoms with Crippen molar-refractivity contribution in [1.82, 2.24) is 14.5 Å². The fourth-order valence-corrected chi connectivity index (χ4v) is 3.20. The lowest BCUT2D eigenvalue weighted by Gasteiger charge is -2.31. The Hall–Kier alpha value is -3.33. The van der Waals surface area contributed by atoms with E-state index < -0.39 is 0 Å². The monoisotopic (exact) mass is 346 g/mol. The maximum absolute atomic E-state index is 12.6. The number of aromatic nitrogens is 3. The van der Waals surface area contributed by atoms with Gasteiger partial charge < -0.3 is 13.9 Å². The number of fused-ring (bicyclic) bond motifs is 1. The van der Waals surface area contributed by atoms with Crippen LogP contribution in [0, 0.1) is 17.8 Å². The smallest absolute Gasteiger partial charge is 0.230 e. The molecule has 6 heteroatoms. The highest BCUT2D eigenvalue weighted by atomic mass is 16.3. The summed E-state index contributed by atoms with van der Waals surface area (Å²) >= 11 is 0. The Kier molecular flexibility index (Phi) is 4.28. The molecule has 0 N–H and O–H groups in total. The molecule has 0 fully saturated rings. The van der Waals surface area contributed by atoms with Gasteiger partial charge in [0.25, 0.3) is 0 Å². The number of rotatable bonds is 3. The van der Waals surface area contributed by atoms with Crippen molar-refractivity contribution in [2.45, 2.75) is 19.4 Å². The average molecular weight is 346 g/mol. The van der Waals surface area contributed by atoms with Crippen LogP contribution < -0.4 is 4.90 Å². The molecule has 3 aromatic heterocycles. The molecule has 1 amide bonds. The molecular formula is C20H18N4O2. The molecule has 1 unspecified atom stereocenters. The highest BCUT2D eigenvalue weighted by Crippen LogP contribution is 2.31. The summed E-state index contributed by atoms with van der Waals surface area (Å²) in [4.78, 5) is 22.7. The molecule has 4 rings (SSSR count). The predicted octanol–water partition coefficient (Wildman–Crippen LogP) is 2.30. The molecule has 0 saturated carbocycles. The molecule has 1 aliphatic heterocycles. The van der Waals surface area contributed by atoms with Crippen molar-refractivity contribution < 1.29 is 9.21 Å². The van der Waals surface area contributed by atoms with Gasteiger partial charge in [-0.2, -0.15) is 0 Å². The number of hydrogen-bond donors (Lipinski definition) is 0. The van der Waals surface area contributed by atoms with Gasteiger partial charge in [-0.15, -0.1) is 0 Å². The van der Waals surface area contributed by atoms with E-state index in [2.05, 4.69) is 21.8 Å². The quantitative estimate of drug-likeness (QED) is 0.683. The van der Waals surface area contributed by atoms with Crippen molar-refractivity contribution >= 4 is 11.6 Å². The molecule has 26 heavy (non-hydrogen) atoms. The lowest BCUT2D eigenvalue weighted by atomic mass is 9.89. The molecule has 1 aliphatic rings. The first-order valence-electron chi connectivity index (χ1n) is 8.44. The maximum atomic E-state index is 12.6. The number of pyridine rings is 1. The first-order chi connectivity index (χ1) is 12.7. The second kappa shape index (κ2) is 6.89. The zero-order chi connectivity index (χ0) is 17.9. The number of hydrogen-bond acceptors (Lipinski definition) is 4. The van der Waals surface area contributed by atoms with Gasteiger partial charge >= 0.3 is 0 Å². The fraction of sp³-hybridized carbons (Fsp3) is 0.250. The van der Waals surface area contributed by atoms with Crippen LogP contribution in [0.15, 0.2) is 53.8 Å². The Morgan fingerprint density at radius 1 is 1.42 bits per heavy atom. The first kappa shape index (κ1) is 16.2. The number of imidazole rings is 1. The molecule has 0 aromatic carbocycles. The number of amides is 1. The van der Waals surface area contributed by atoms with Gasteiger partial charge in [-0.05, 0) is 36.1 Å². The summed E-state index contributed by atoms with van der Waals surface area (Å²) in [5.41, 5.74) is 2.65. The van der Waals surface area contributed by atoms with Gasteiger partial charge in [0.1, 0.15) is 11.5 Å². The molecule has 3 aromatic rings. The van der Waals surface area contributed by atoms with Crippen LogP contribution in [0.4, 0.5) is 5.69 Å². The Balaban J connectivity index is 1.54. The Bertz CT molecular complexity index is 965. The zero-order valence-electron chi connectivity index (χ0n) is 14.4. The van der Waals surface area contributed by atoms with Crippen molar-refractivity contribution in [3.63, 3.8) is 0 Å². The number of carbonyl (C=O) groups excluding carboxylic acids is 1. The van der Waals surface area contributed by atoms with Crippen LogP contribution in [0.3, 0.4) is 0 Å². The molecular weight excluding hydrogens is 328 g/mol. The van der Waals surface area contributed by atoms with Gasteiger partial charge in [0.05, 0.1) is 31.0 Å². The van der Waals surface area contributed by atoms with E-state index in [1.807, 2.05) is 29.0 Å². The van der Waals surface area contributed by atoms with E-state index in [-0.39, 0.29) is 11.8 Å². The minimum atomic E-state index is -0.132. The normalized spacial score (nSPS) is 16.1. The van der Waals surface area contributed by atoms with Crippen LogP contribution in [-0.4, -0.2) is 27.5 Å². The van der Waals surface area contributed by atoms with Crippen LogP contribution in [0.5, 0.6) is 0 Å². The highest BCUT2D eigenvalue weighted by molar-refractivity contribution is 5.97. The number of nitrogens with zero attached hydrogens (tertiary/aromatic N) is 4. The Morgan fingerprint density at radius 3 is 3.12 bits per heavy atom. The highest BCUT2D eigenvalue weighted by Gasteiger charge is 2.31. The summed E-state index contributed by atoms with van der Waals surface area (Å²) in [6.07, 6.45) is 9.96. The van der Waals surface area contributed by atoms with Crippen molar-refractivity contribution in [3.8, 4) is 11.8 Å². The molecule has 0 bridgehead atoms. The average Bonchev–Trinajstić information content (AvgIpc) is 3.33. The predicted molar refractivity (Wildman–Crippen MR) is 96.4 cm³/mol. The van der Waals surface area contributed by atoms with Crippen LogP contribution in [-0.2, 0) is 24.2 Å². The van der Waals surface area contributed by atoms with E-state index in [0.29, 0.717) is 25.1 Å². The van der Waals surface area contributed by atoms with Crippen LogP contribution in [0.25, 0.3) is 0 Å². The number of carbonyl (C=O) groups is 1. The van der Waals surface area contributed by atoms with Gasteiger partial charge in [0, 0.05) is 31.8 Å². The lowest BCUT2D eigenvalue weighted by molar-refractivity contribution is -0.122. The Morgan fingerprint density at radius 2 is 2.35 bits per heavy atom. The van der Waals surface area contributed by atoms with E-state index in [1.54, 1.807) is 36.9 Å². The number of furan rings is 1. The number of anilines is 1. The van der Waals surface area contributed by atoms with Crippen LogP contribution >= 0.6 is 0 Å². The van der Waals surface area contributed by atoms with Crippen LogP contribution in [0.2, 0.25) is 0 Å². The summed E-state index contributed by atoms with van der Waals surface area (Å²) in [5, 5.41) is 0. The minimum Gasteiger partial charge on any atom is -0.469 e. The van der Waals surface area contributed by atoms with Gasteiger partial charge in [-0.3, -0.25) is 4.79 Å². The third kappa shape index (κ3) is 3.24. The third-order valence-electron chi connectivity index (χ3n) is 4.54. The summed E-state index contributed by atoms with van der Waals surface area (Å²) < 4.78 is 7.31. The maximum Gasteiger partial charge on any atom is 0.230 e. The standard InChI is InChI=1S/C20H18N4O2/c1-23-19-13-22-17(4-2-7-24-8-6-21-14-24)11-15(19)10-16(20(23)25)12-18-5-3-9-26-18/h3,5-6,8-9,11,13-14,16H,7,10,12H2,1H3. The van der Waals surface area contributed by atoms with Gasteiger partial charge in [-0.1, -0.05) is 5.92 Å². The first-order valence-corrected chi connectivity index (χ1v) is 8.44. The van der Waals surface area contributed by atoms with E-state index >= 15 is 0 Å².